The number of hydrogen-bond donors (Lipinski definition) is 1. The summed E-state index contributed by atoms with van der Waals surface area (Å²) in [4.78, 5) is 27.0. The van der Waals surface area contributed by atoms with Crippen molar-refractivity contribution in [2.45, 2.75) is 13.2 Å². The molecule has 10 heteroatoms. The van der Waals surface area contributed by atoms with Crippen LogP contribution < -0.4 is 10.2 Å². The van der Waals surface area contributed by atoms with E-state index in [0.29, 0.717) is 11.6 Å². The van der Waals surface area contributed by atoms with Crippen LogP contribution in [0, 0.1) is 17.5 Å². The van der Waals surface area contributed by atoms with Gasteiger partial charge in [0.15, 0.2) is 17.5 Å². The molecule has 36 heavy (non-hydrogen) atoms. The van der Waals surface area contributed by atoms with E-state index in [9.17, 15) is 22.8 Å². The Labute approximate surface area is 206 Å². The summed E-state index contributed by atoms with van der Waals surface area (Å²) in [5.74, 6) is -3.89. The molecule has 1 fully saturated rings. The van der Waals surface area contributed by atoms with Crippen molar-refractivity contribution in [2.24, 2.45) is 0 Å². The van der Waals surface area contributed by atoms with Crippen LogP contribution in [0.3, 0.4) is 0 Å². The summed E-state index contributed by atoms with van der Waals surface area (Å²) in [6.07, 6.45) is -1.59. The second-order valence-electron chi connectivity index (χ2n) is 8.08. The Morgan fingerprint density at radius 1 is 0.778 bits per heavy atom. The topological polar surface area (TPSA) is 71.1 Å². The van der Waals surface area contributed by atoms with Gasteiger partial charge in [-0.1, -0.05) is 60.7 Å². The van der Waals surface area contributed by atoms with E-state index >= 15 is 0 Å². The molecule has 2 amide bonds. The number of hydrogen-bond acceptors (Lipinski definition) is 5. The van der Waals surface area contributed by atoms with Gasteiger partial charge in [-0.2, -0.15) is 0 Å². The first-order valence-electron chi connectivity index (χ1n) is 11.3. The average molecular weight is 499 g/mol. The zero-order chi connectivity index (χ0) is 25.5. The molecule has 0 atom stereocenters. The van der Waals surface area contributed by atoms with Gasteiger partial charge in [0.2, 0.25) is 0 Å². The largest absolute Gasteiger partial charge is 0.445 e. The lowest BCUT2D eigenvalue weighted by atomic mass is 10.2. The molecule has 1 saturated heterocycles. The van der Waals surface area contributed by atoms with E-state index < -0.39 is 41.0 Å². The molecule has 3 aromatic carbocycles. The fourth-order valence-corrected chi connectivity index (χ4v) is 3.76. The number of benzene rings is 3. The summed E-state index contributed by atoms with van der Waals surface area (Å²) in [5, 5.41) is 2.04. The fraction of sp³-hybridized carbons (Fsp3) is 0.231. The maximum atomic E-state index is 14.8. The molecule has 0 spiro atoms. The molecule has 7 nitrogen and oxygen atoms in total. The quantitative estimate of drug-likeness (QED) is 0.466. The Kier molecular flexibility index (Phi) is 7.94. The molecule has 1 N–H and O–H groups in total. The summed E-state index contributed by atoms with van der Waals surface area (Å²) in [7, 11) is 0. The highest BCUT2D eigenvalue weighted by atomic mass is 19.2. The van der Waals surface area contributed by atoms with Crippen LogP contribution >= 0.6 is 0 Å². The minimum Gasteiger partial charge on any atom is -0.445 e. The summed E-state index contributed by atoms with van der Waals surface area (Å²) in [5.41, 5.74) is 0.300. The minimum absolute atomic E-state index is 0.0691. The van der Waals surface area contributed by atoms with E-state index in [1.165, 1.54) is 9.80 Å². The van der Waals surface area contributed by atoms with E-state index in [1.807, 2.05) is 35.6 Å². The van der Waals surface area contributed by atoms with Crippen LogP contribution in [0.2, 0.25) is 0 Å². The predicted molar refractivity (Wildman–Crippen MR) is 127 cm³/mol. The standard InChI is InChI=1S/C26H24F3N3O4/c27-20-15-21(30-25(33)35-16-18-7-3-1-4-8-18)22(28)23(29)24(20)31-11-13-32(14-12-31)26(34)36-17-19-9-5-2-6-10-19/h1-10,15H,11-14,16-17H2,(H,30,33). The van der Waals surface area contributed by atoms with Crippen LogP contribution in [0.25, 0.3) is 0 Å². The van der Waals surface area contributed by atoms with Gasteiger partial charge in [0.05, 0.1) is 5.69 Å². The Morgan fingerprint density at radius 2 is 1.33 bits per heavy atom. The lowest BCUT2D eigenvalue weighted by Crippen LogP contribution is -2.49. The maximum Gasteiger partial charge on any atom is 0.412 e. The van der Waals surface area contributed by atoms with Crippen LogP contribution in [-0.2, 0) is 22.7 Å². The van der Waals surface area contributed by atoms with E-state index in [0.717, 1.165) is 5.56 Å². The van der Waals surface area contributed by atoms with Gasteiger partial charge in [0.1, 0.15) is 18.9 Å². The van der Waals surface area contributed by atoms with Gasteiger partial charge >= 0.3 is 12.2 Å². The summed E-state index contributed by atoms with van der Waals surface area (Å²) < 4.78 is 54.5. The Hall–Kier alpha value is -4.21. The molecular weight excluding hydrogens is 475 g/mol. The number of rotatable bonds is 6. The van der Waals surface area contributed by atoms with Crippen molar-refractivity contribution in [2.75, 3.05) is 36.4 Å². The van der Waals surface area contributed by atoms with Gasteiger partial charge < -0.3 is 19.3 Å². The van der Waals surface area contributed by atoms with Crippen LogP contribution in [0.1, 0.15) is 11.1 Å². The normalized spacial score (nSPS) is 13.3. The van der Waals surface area contributed by atoms with Crippen molar-refractivity contribution in [3.05, 3.63) is 95.3 Å². The molecule has 1 aliphatic rings. The smallest absolute Gasteiger partial charge is 0.412 e. The van der Waals surface area contributed by atoms with E-state index in [2.05, 4.69) is 0 Å². The Balaban J connectivity index is 1.33. The Bertz CT molecular complexity index is 1200. The van der Waals surface area contributed by atoms with Gasteiger partial charge in [-0.3, -0.25) is 5.32 Å². The van der Waals surface area contributed by atoms with Gasteiger partial charge in [0, 0.05) is 32.2 Å². The van der Waals surface area contributed by atoms with E-state index in [4.69, 9.17) is 9.47 Å². The number of piperazine rings is 1. The summed E-state index contributed by atoms with van der Waals surface area (Å²) in [6.45, 7) is 0.436. The summed E-state index contributed by atoms with van der Waals surface area (Å²) >= 11 is 0. The first-order valence-corrected chi connectivity index (χ1v) is 11.3. The number of ether oxygens (including phenoxy) is 2. The van der Waals surface area contributed by atoms with Crippen molar-refractivity contribution in [3.63, 3.8) is 0 Å². The first-order chi connectivity index (χ1) is 17.4. The number of anilines is 2. The third-order valence-electron chi connectivity index (χ3n) is 5.64. The molecule has 0 bridgehead atoms. The number of nitrogens with zero attached hydrogens (tertiary/aromatic N) is 2. The van der Waals surface area contributed by atoms with Crippen LogP contribution in [0.5, 0.6) is 0 Å². The monoisotopic (exact) mass is 499 g/mol. The molecular formula is C26H24F3N3O4. The molecule has 188 valence electrons. The highest BCUT2D eigenvalue weighted by Gasteiger charge is 2.29. The molecule has 1 heterocycles. The zero-order valence-electron chi connectivity index (χ0n) is 19.3. The van der Waals surface area contributed by atoms with Crippen molar-refractivity contribution in [3.8, 4) is 0 Å². The van der Waals surface area contributed by atoms with Crippen molar-refractivity contribution >= 4 is 23.6 Å². The number of carbonyl (C=O) groups excluding carboxylic acids is 2. The van der Waals surface area contributed by atoms with Gasteiger partial charge in [0.25, 0.3) is 0 Å². The van der Waals surface area contributed by atoms with Crippen molar-refractivity contribution < 1.29 is 32.2 Å². The second kappa shape index (κ2) is 11.5. The van der Waals surface area contributed by atoms with Crippen molar-refractivity contribution in [1.82, 2.24) is 4.90 Å². The number of nitrogens with one attached hydrogen (secondary N) is 1. The molecule has 0 radical (unpaired) electrons. The highest BCUT2D eigenvalue weighted by Crippen LogP contribution is 2.31. The third-order valence-corrected chi connectivity index (χ3v) is 5.64. The second-order valence-corrected chi connectivity index (χ2v) is 8.08. The molecule has 1 aliphatic heterocycles. The SMILES string of the molecule is O=C(Nc1cc(F)c(N2CCN(C(=O)OCc3ccccc3)CC2)c(F)c1F)OCc1ccccc1. The highest BCUT2D eigenvalue weighted by molar-refractivity contribution is 5.85. The molecule has 4 rings (SSSR count). The maximum absolute atomic E-state index is 14.8. The summed E-state index contributed by atoms with van der Waals surface area (Å²) in [6, 6.07) is 18.6. The molecule has 0 unspecified atom stereocenters. The fourth-order valence-electron chi connectivity index (χ4n) is 3.76. The molecule has 3 aromatic rings. The average Bonchev–Trinajstić information content (AvgIpc) is 2.90. The zero-order valence-corrected chi connectivity index (χ0v) is 19.3. The predicted octanol–water partition coefficient (Wildman–Crippen LogP) is 5.31. The lowest BCUT2D eigenvalue weighted by molar-refractivity contribution is 0.0941. The molecule has 0 aliphatic carbocycles. The Morgan fingerprint density at radius 3 is 1.92 bits per heavy atom. The minimum atomic E-state index is -1.44. The van der Waals surface area contributed by atoms with Gasteiger partial charge in [-0.25, -0.2) is 22.8 Å². The van der Waals surface area contributed by atoms with Crippen LogP contribution in [0.4, 0.5) is 34.1 Å². The van der Waals surface area contributed by atoms with Gasteiger partial charge in [-0.15, -0.1) is 0 Å². The molecule has 0 aromatic heterocycles. The van der Waals surface area contributed by atoms with Crippen LogP contribution in [0.15, 0.2) is 66.7 Å². The van der Waals surface area contributed by atoms with E-state index in [1.54, 1.807) is 30.3 Å². The van der Waals surface area contributed by atoms with Gasteiger partial charge in [-0.05, 0) is 11.1 Å². The third kappa shape index (κ3) is 6.07. The van der Waals surface area contributed by atoms with E-state index in [-0.39, 0.29) is 39.4 Å². The number of carbonyl (C=O) groups is 2. The lowest BCUT2D eigenvalue weighted by Gasteiger charge is -2.35. The molecule has 0 saturated carbocycles. The number of halogens is 3. The first kappa shape index (κ1) is 24.9. The number of amides is 2. The van der Waals surface area contributed by atoms with Crippen LogP contribution in [-0.4, -0.2) is 43.3 Å². The van der Waals surface area contributed by atoms with Crippen molar-refractivity contribution in [1.29, 1.82) is 0 Å².